The summed E-state index contributed by atoms with van der Waals surface area (Å²) >= 11 is 0. The highest BCUT2D eigenvalue weighted by Gasteiger charge is 2.44. The number of hydrogen-bond acceptors (Lipinski definition) is 4. The van der Waals surface area contributed by atoms with Crippen LogP contribution >= 0.6 is 0 Å². The molecule has 4 nitrogen and oxygen atoms in total. The second kappa shape index (κ2) is 7.45. The quantitative estimate of drug-likeness (QED) is 0.720. The van der Waals surface area contributed by atoms with E-state index in [9.17, 15) is 9.18 Å². The Morgan fingerprint density at radius 1 is 1.10 bits per heavy atom. The van der Waals surface area contributed by atoms with Crippen LogP contribution in [-0.2, 0) is 0 Å². The van der Waals surface area contributed by atoms with E-state index in [1.165, 1.54) is 35.5 Å². The molecule has 1 saturated heterocycles. The minimum absolute atomic E-state index is 0.107. The van der Waals surface area contributed by atoms with Crippen LogP contribution in [0.5, 0.6) is 0 Å². The number of hydrogen-bond donors (Lipinski definition) is 0. The molecule has 1 unspecified atom stereocenters. The van der Waals surface area contributed by atoms with Crippen LogP contribution in [-0.4, -0.2) is 56.5 Å². The van der Waals surface area contributed by atoms with E-state index in [4.69, 9.17) is 0 Å². The Morgan fingerprint density at radius 2 is 1.93 bits per heavy atom. The van der Waals surface area contributed by atoms with Crippen molar-refractivity contribution in [3.05, 3.63) is 59.4 Å². The molecule has 3 aliphatic heterocycles. The third-order valence-electron chi connectivity index (χ3n) is 6.93. The summed E-state index contributed by atoms with van der Waals surface area (Å²) in [6.45, 7) is 5.33. The van der Waals surface area contributed by atoms with E-state index < -0.39 is 0 Å². The van der Waals surface area contributed by atoms with Crippen LogP contribution in [0.15, 0.2) is 42.5 Å². The molecule has 3 aliphatic rings. The van der Waals surface area contributed by atoms with Crippen molar-refractivity contribution in [2.75, 3.05) is 49.6 Å². The second-order valence-corrected chi connectivity index (χ2v) is 8.63. The molecule has 3 heterocycles. The Kier molecular flexibility index (Phi) is 4.78. The predicted molar refractivity (Wildman–Crippen MR) is 115 cm³/mol. The zero-order valence-electron chi connectivity index (χ0n) is 17.0. The predicted octanol–water partition coefficient (Wildman–Crippen LogP) is 3.92. The number of likely N-dealkylation sites (tertiary alicyclic amines) is 1. The molecular formula is C24H28FN3O. The molecule has 0 aromatic heterocycles. The Morgan fingerprint density at radius 3 is 2.76 bits per heavy atom. The van der Waals surface area contributed by atoms with E-state index in [0.717, 1.165) is 39.1 Å². The second-order valence-electron chi connectivity index (χ2n) is 8.63. The first-order valence-electron chi connectivity index (χ1n) is 10.7. The van der Waals surface area contributed by atoms with Gasteiger partial charge in [-0.3, -0.25) is 4.79 Å². The highest BCUT2D eigenvalue weighted by Crippen LogP contribution is 2.50. The van der Waals surface area contributed by atoms with E-state index in [0.29, 0.717) is 23.9 Å². The Labute approximate surface area is 171 Å². The first-order chi connectivity index (χ1) is 14.1. The molecule has 2 atom stereocenters. The molecule has 1 fully saturated rings. The number of rotatable bonds is 5. The summed E-state index contributed by atoms with van der Waals surface area (Å²) < 4.78 is 13.0. The average molecular weight is 394 g/mol. The molecule has 0 bridgehead atoms. The van der Waals surface area contributed by atoms with Crippen molar-refractivity contribution < 1.29 is 9.18 Å². The molecule has 5 heteroatoms. The Bertz CT molecular complexity index is 913. The fourth-order valence-electron chi connectivity index (χ4n) is 5.42. The van der Waals surface area contributed by atoms with Crippen molar-refractivity contribution >= 4 is 17.2 Å². The van der Waals surface area contributed by atoms with Crippen molar-refractivity contribution in [1.82, 2.24) is 4.90 Å². The van der Waals surface area contributed by atoms with Crippen molar-refractivity contribution in [3.63, 3.8) is 0 Å². The summed E-state index contributed by atoms with van der Waals surface area (Å²) in [7, 11) is 2.19. The molecule has 152 valence electrons. The van der Waals surface area contributed by atoms with Crippen LogP contribution < -0.4 is 9.80 Å². The number of benzene rings is 2. The van der Waals surface area contributed by atoms with Gasteiger partial charge in [0.05, 0.1) is 11.4 Å². The van der Waals surface area contributed by atoms with E-state index in [-0.39, 0.29) is 11.6 Å². The minimum atomic E-state index is -0.298. The van der Waals surface area contributed by atoms with Gasteiger partial charge in [0.1, 0.15) is 5.82 Å². The normalized spacial score (nSPS) is 23.1. The molecule has 5 rings (SSSR count). The van der Waals surface area contributed by atoms with Gasteiger partial charge < -0.3 is 14.7 Å². The molecule has 0 amide bonds. The van der Waals surface area contributed by atoms with Crippen LogP contribution in [0.2, 0.25) is 0 Å². The summed E-state index contributed by atoms with van der Waals surface area (Å²) in [5.41, 5.74) is 4.95. The summed E-state index contributed by atoms with van der Waals surface area (Å²) in [4.78, 5) is 19.9. The maximum atomic E-state index is 13.0. The minimum Gasteiger partial charge on any atom is -0.371 e. The van der Waals surface area contributed by atoms with Crippen LogP contribution in [0.1, 0.15) is 41.1 Å². The van der Waals surface area contributed by atoms with Crippen LogP contribution in [0.4, 0.5) is 15.8 Å². The highest BCUT2D eigenvalue weighted by atomic mass is 19.1. The molecule has 2 aromatic rings. The molecule has 0 N–H and O–H groups in total. The van der Waals surface area contributed by atoms with Crippen molar-refractivity contribution in [3.8, 4) is 0 Å². The highest BCUT2D eigenvalue weighted by molar-refractivity contribution is 5.95. The first kappa shape index (κ1) is 18.6. The maximum absolute atomic E-state index is 13.0. The number of para-hydroxylation sites is 1. The van der Waals surface area contributed by atoms with Gasteiger partial charge >= 0.3 is 0 Å². The molecule has 0 spiro atoms. The number of carbonyl (C=O) groups is 1. The number of Topliss-reactive ketones (excluding diaryl/α,β-unsaturated/α-hetero) is 1. The lowest BCUT2D eigenvalue weighted by atomic mass is 9.89. The van der Waals surface area contributed by atoms with Gasteiger partial charge in [-0.15, -0.1) is 0 Å². The third kappa shape index (κ3) is 3.31. The lowest BCUT2D eigenvalue weighted by Gasteiger charge is -2.41. The standard InChI is InChI=1S/C24H28FN3O/c1-26-14-15-28-21-11-13-27(16-20(21)19-4-2-5-22(26)24(19)28)12-3-6-23(29)17-7-9-18(25)10-8-17/h2,4-5,7-10,20-21H,3,6,11-16H2,1H3/t20?,21-/m0/s1. The maximum Gasteiger partial charge on any atom is 0.162 e. The SMILES string of the molecule is CN1CCN2c3c(cccc31)C1CN(CCCC(=O)c3ccc(F)cc3)CC[C@@H]12. The number of piperidine rings is 1. The van der Waals surface area contributed by atoms with Gasteiger partial charge in [-0.05, 0) is 55.3 Å². The topological polar surface area (TPSA) is 26.8 Å². The summed E-state index contributed by atoms with van der Waals surface area (Å²) in [6, 6.07) is 13.3. The fourth-order valence-corrected chi connectivity index (χ4v) is 5.42. The number of likely N-dealkylation sites (N-methyl/N-ethyl adjacent to an activating group) is 1. The summed E-state index contributed by atoms with van der Waals surface area (Å²) in [6.07, 6.45) is 2.56. The molecule has 29 heavy (non-hydrogen) atoms. The number of ketones is 1. The molecule has 0 radical (unpaired) electrons. The van der Waals surface area contributed by atoms with Crippen molar-refractivity contribution in [1.29, 1.82) is 0 Å². The van der Waals surface area contributed by atoms with Crippen LogP contribution in [0, 0.1) is 5.82 Å². The zero-order valence-corrected chi connectivity index (χ0v) is 17.0. The van der Waals surface area contributed by atoms with E-state index >= 15 is 0 Å². The Balaban J connectivity index is 1.22. The van der Waals surface area contributed by atoms with Gasteiger partial charge in [0, 0.05) is 57.2 Å². The largest absolute Gasteiger partial charge is 0.371 e. The smallest absolute Gasteiger partial charge is 0.162 e. The molecule has 0 aliphatic carbocycles. The van der Waals surface area contributed by atoms with E-state index in [2.05, 4.69) is 39.9 Å². The van der Waals surface area contributed by atoms with Gasteiger partial charge in [0.2, 0.25) is 0 Å². The molecule has 0 saturated carbocycles. The van der Waals surface area contributed by atoms with Crippen LogP contribution in [0.3, 0.4) is 0 Å². The van der Waals surface area contributed by atoms with Crippen molar-refractivity contribution in [2.24, 2.45) is 0 Å². The number of nitrogens with zero attached hydrogens (tertiary/aromatic N) is 3. The number of fused-ring (bicyclic) bond motifs is 3. The zero-order chi connectivity index (χ0) is 20.0. The lowest BCUT2D eigenvalue weighted by molar-refractivity contribution is 0.0971. The number of anilines is 2. The molecular weight excluding hydrogens is 365 g/mol. The van der Waals surface area contributed by atoms with Gasteiger partial charge in [-0.1, -0.05) is 12.1 Å². The van der Waals surface area contributed by atoms with Gasteiger partial charge in [-0.25, -0.2) is 4.39 Å². The van der Waals surface area contributed by atoms with Gasteiger partial charge in [0.15, 0.2) is 5.78 Å². The fraction of sp³-hybridized carbons (Fsp3) is 0.458. The first-order valence-corrected chi connectivity index (χ1v) is 10.7. The van der Waals surface area contributed by atoms with E-state index in [1.807, 2.05) is 0 Å². The molecule has 2 aromatic carbocycles. The average Bonchev–Trinajstić information content (AvgIpc) is 3.06. The summed E-state index contributed by atoms with van der Waals surface area (Å²) in [5, 5.41) is 0. The van der Waals surface area contributed by atoms with Gasteiger partial charge in [0.25, 0.3) is 0 Å². The monoisotopic (exact) mass is 393 g/mol. The third-order valence-corrected chi connectivity index (χ3v) is 6.93. The van der Waals surface area contributed by atoms with Crippen molar-refractivity contribution in [2.45, 2.75) is 31.2 Å². The lowest BCUT2D eigenvalue weighted by Crippen LogP contribution is -2.49. The van der Waals surface area contributed by atoms with Crippen LogP contribution in [0.25, 0.3) is 0 Å². The van der Waals surface area contributed by atoms with E-state index in [1.54, 1.807) is 12.1 Å². The summed E-state index contributed by atoms with van der Waals surface area (Å²) in [5.74, 6) is 0.377. The number of carbonyl (C=O) groups excluding carboxylic acids is 1. The Hall–Kier alpha value is -2.40. The van der Waals surface area contributed by atoms with Gasteiger partial charge in [-0.2, -0.15) is 0 Å². The number of halogens is 1.